The number of aliphatic hydroxyl groups is 1. The van der Waals surface area contributed by atoms with E-state index in [1.165, 1.54) is 11.3 Å². The molecule has 10 heteroatoms. The smallest absolute Gasteiger partial charge is 0.175 e. The molecule has 3 aromatic rings. The topological polar surface area (TPSA) is 86.6 Å². The SMILES string of the molecule is COc1ccc(-c2ncc(Cl)s2)nc1Nc1ccc(N2CCN(C)CC2O)cn1. The average Bonchev–Trinajstić information content (AvgIpc) is 3.15. The summed E-state index contributed by atoms with van der Waals surface area (Å²) < 4.78 is 6.02. The molecule has 0 spiro atoms. The third-order valence-corrected chi connectivity index (χ3v) is 5.80. The lowest BCUT2D eigenvalue weighted by Crippen LogP contribution is -2.51. The normalized spacial score (nSPS) is 17.4. The minimum absolute atomic E-state index is 0.538. The molecule has 1 aliphatic heterocycles. The second-order valence-electron chi connectivity index (χ2n) is 6.68. The fourth-order valence-corrected chi connectivity index (χ4v) is 4.02. The van der Waals surface area contributed by atoms with Crippen LogP contribution in [0.2, 0.25) is 4.34 Å². The highest BCUT2D eigenvalue weighted by atomic mass is 35.5. The number of likely N-dealkylation sites (N-methyl/N-ethyl adjacent to an activating group) is 1. The van der Waals surface area contributed by atoms with E-state index in [1.807, 2.05) is 36.2 Å². The largest absolute Gasteiger partial charge is 0.493 e. The van der Waals surface area contributed by atoms with E-state index in [1.54, 1.807) is 19.5 Å². The van der Waals surface area contributed by atoms with Crippen LogP contribution < -0.4 is 15.0 Å². The lowest BCUT2D eigenvalue weighted by Gasteiger charge is -2.38. The molecule has 1 aliphatic rings. The maximum atomic E-state index is 10.3. The van der Waals surface area contributed by atoms with E-state index in [4.69, 9.17) is 16.3 Å². The molecule has 0 aromatic carbocycles. The average molecular weight is 433 g/mol. The molecule has 3 aromatic heterocycles. The second-order valence-corrected chi connectivity index (χ2v) is 8.34. The van der Waals surface area contributed by atoms with E-state index in [2.05, 4.69) is 25.2 Å². The van der Waals surface area contributed by atoms with Crippen LogP contribution in [0.1, 0.15) is 0 Å². The summed E-state index contributed by atoms with van der Waals surface area (Å²) in [5.74, 6) is 1.76. The molecule has 29 heavy (non-hydrogen) atoms. The predicted molar refractivity (Wildman–Crippen MR) is 115 cm³/mol. The van der Waals surface area contributed by atoms with Crippen LogP contribution in [0.4, 0.5) is 17.3 Å². The predicted octanol–water partition coefficient (Wildman–Crippen LogP) is 3.08. The Morgan fingerprint density at radius 2 is 2.07 bits per heavy atom. The van der Waals surface area contributed by atoms with Crippen molar-refractivity contribution in [3.63, 3.8) is 0 Å². The summed E-state index contributed by atoms with van der Waals surface area (Å²) in [5, 5.41) is 14.2. The van der Waals surface area contributed by atoms with Gasteiger partial charge in [-0.3, -0.25) is 0 Å². The van der Waals surface area contributed by atoms with Crippen LogP contribution in [0, 0.1) is 0 Å². The van der Waals surface area contributed by atoms with Crippen molar-refractivity contribution >= 4 is 40.3 Å². The summed E-state index contributed by atoms with van der Waals surface area (Å²) in [6, 6.07) is 7.45. The molecule has 0 bridgehead atoms. The number of thiazole rings is 1. The second kappa shape index (κ2) is 8.50. The summed E-state index contributed by atoms with van der Waals surface area (Å²) in [5.41, 5.74) is 1.57. The van der Waals surface area contributed by atoms with Gasteiger partial charge in [0.25, 0.3) is 0 Å². The number of anilines is 3. The molecule has 0 radical (unpaired) electrons. The van der Waals surface area contributed by atoms with Gasteiger partial charge in [0, 0.05) is 19.6 Å². The van der Waals surface area contributed by atoms with Crippen molar-refractivity contribution in [2.45, 2.75) is 6.23 Å². The first-order valence-electron chi connectivity index (χ1n) is 9.06. The minimum Gasteiger partial charge on any atom is -0.493 e. The van der Waals surface area contributed by atoms with E-state index < -0.39 is 6.23 Å². The summed E-state index contributed by atoms with van der Waals surface area (Å²) in [6.45, 7) is 2.25. The first-order chi connectivity index (χ1) is 14.0. The highest BCUT2D eigenvalue weighted by Crippen LogP contribution is 2.32. The van der Waals surface area contributed by atoms with Gasteiger partial charge in [-0.25, -0.2) is 15.0 Å². The highest BCUT2D eigenvalue weighted by Gasteiger charge is 2.23. The molecule has 152 valence electrons. The minimum atomic E-state index is -0.544. The Bertz CT molecular complexity index is 983. The zero-order valence-electron chi connectivity index (χ0n) is 16.0. The summed E-state index contributed by atoms with van der Waals surface area (Å²) in [4.78, 5) is 17.4. The Hall–Kier alpha value is -2.46. The Balaban J connectivity index is 1.54. The first-order valence-corrected chi connectivity index (χ1v) is 10.3. The van der Waals surface area contributed by atoms with E-state index >= 15 is 0 Å². The Morgan fingerprint density at radius 1 is 1.21 bits per heavy atom. The van der Waals surface area contributed by atoms with E-state index in [-0.39, 0.29) is 0 Å². The molecule has 1 saturated heterocycles. The maximum Gasteiger partial charge on any atom is 0.175 e. The van der Waals surface area contributed by atoms with Crippen molar-refractivity contribution in [1.82, 2.24) is 19.9 Å². The van der Waals surface area contributed by atoms with Gasteiger partial charge in [0.05, 0.1) is 25.2 Å². The number of halogens is 1. The van der Waals surface area contributed by atoms with Gasteiger partial charge in [-0.2, -0.15) is 0 Å². The van der Waals surface area contributed by atoms with Gasteiger partial charge in [-0.05, 0) is 31.3 Å². The zero-order chi connectivity index (χ0) is 20.4. The van der Waals surface area contributed by atoms with Crippen LogP contribution in [0.25, 0.3) is 10.7 Å². The van der Waals surface area contributed by atoms with E-state index in [9.17, 15) is 5.11 Å². The Morgan fingerprint density at radius 3 is 2.72 bits per heavy atom. The molecule has 2 N–H and O–H groups in total. The lowest BCUT2D eigenvalue weighted by molar-refractivity contribution is 0.0957. The number of rotatable bonds is 5. The quantitative estimate of drug-likeness (QED) is 0.636. The standard InChI is InChI=1S/C19H21ClN6O2S/c1-25-7-8-26(17(27)11-25)12-3-6-16(21-9-12)24-18-14(28-2)5-4-13(23-18)19-22-10-15(20)29-19/h3-6,9-10,17,27H,7-8,11H2,1-2H3,(H,21,23,24). The number of aliphatic hydroxyl groups excluding tert-OH is 1. The van der Waals surface area contributed by atoms with Gasteiger partial charge in [-0.1, -0.05) is 11.6 Å². The molecule has 8 nitrogen and oxygen atoms in total. The van der Waals surface area contributed by atoms with Crippen LogP contribution in [0.15, 0.2) is 36.7 Å². The molecule has 4 heterocycles. The number of piperazine rings is 1. The van der Waals surface area contributed by atoms with Crippen molar-refractivity contribution in [2.24, 2.45) is 0 Å². The molecule has 0 aliphatic carbocycles. The summed E-state index contributed by atoms with van der Waals surface area (Å²) in [7, 11) is 3.59. The van der Waals surface area contributed by atoms with Gasteiger partial charge in [0.15, 0.2) is 11.6 Å². The van der Waals surface area contributed by atoms with Crippen molar-refractivity contribution in [3.05, 3.63) is 41.0 Å². The summed E-state index contributed by atoms with van der Waals surface area (Å²) in [6.07, 6.45) is 2.81. The molecule has 0 saturated carbocycles. The molecule has 0 amide bonds. The van der Waals surface area contributed by atoms with Crippen LogP contribution >= 0.6 is 22.9 Å². The number of pyridine rings is 2. The van der Waals surface area contributed by atoms with Gasteiger partial charge in [0.1, 0.15) is 27.1 Å². The third kappa shape index (κ3) is 4.43. The number of β-amino-alcohol motifs (C(OH)–C–C–N with tert-alkyl or cyclic N) is 1. The number of aromatic nitrogens is 3. The molecular formula is C19H21ClN6O2S. The first kappa shape index (κ1) is 19.8. The van der Waals surface area contributed by atoms with Crippen LogP contribution in [-0.2, 0) is 0 Å². The van der Waals surface area contributed by atoms with E-state index in [0.29, 0.717) is 34.0 Å². The van der Waals surface area contributed by atoms with Gasteiger partial charge < -0.3 is 25.0 Å². The number of hydrogen-bond donors (Lipinski definition) is 2. The fraction of sp³-hybridized carbons (Fsp3) is 0.316. The third-order valence-electron chi connectivity index (χ3n) is 4.66. The van der Waals surface area contributed by atoms with Crippen molar-refractivity contribution in [3.8, 4) is 16.5 Å². The molecule has 1 atom stereocenters. The van der Waals surface area contributed by atoms with Crippen molar-refractivity contribution in [1.29, 1.82) is 0 Å². The molecular weight excluding hydrogens is 412 g/mol. The Kier molecular flexibility index (Phi) is 5.81. The number of hydrogen-bond acceptors (Lipinski definition) is 9. The highest BCUT2D eigenvalue weighted by molar-refractivity contribution is 7.18. The van der Waals surface area contributed by atoms with Crippen molar-refractivity contribution < 1.29 is 9.84 Å². The Labute approximate surface area is 177 Å². The van der Waals surface area contributed by atoms with Crippen molar-refractivity contribution in [2.75, 3.05) is 44.0 Å². The number of nitrogens with one attached hydrogen (secondary N) is 1. The van der Waals surface area contributed by atoms with Crippen LogP contribution in [0.3, 0.4) is 0 Å². The van der Waals surface area contributed by atoms with E-state index in [0.717, 1.165) is 23.8 Å². The fourth-order valence-electron chi connectivity index (χ4n) is 3.14. The van der Waals surface area contributed by atoms with Gasteiger partial charge in [-0.15, -0.1) is 11.3 Å². The maximum absolute atomic E-state index is 10.3. The monoisotopic (exact) mass is 432 g/mol. The van der Waals surface area contributed by atoms with Gasteiger partial charge >= 0.3 is 0 Å². The van der Waals surface area contributed by atoms with Crippen LogP contribution in [-0.4, -0.2) is 65.0 Å². The lowest BCUT2D eigenvalue weighted by atomic mass is 10.2. The molecule has 1 fully saturated rings. The number of ether oxygens (including phenoxy) is 1. The zero-order valence-corrected chi connectivity index (χ0v) is 17.6. The molecule has 1 unspecified atom stereocenters. The summed E-state index contributed by atoms with van der Waals surface area (Å²) >= 11 is 7.35. The number of nitrogens with zero attached hydrogens (tertiary/aromatic N) is 5. The number of methoxy groups -OCH3 is 1. The molecule has 4 rings (SSSR count). The van der Waals surface area contributed by atoms with Crippen LogP contribution in [0.5, 0.6) is 5.75 Å². The van der Waals surface area contributed by atoms with Gasteiger partial charge in [0.2, 0.25) is 0 Å².